The summed E-state index contributed by atoms with van der Waals surface area (Å²) in [5.74, 6) is -0.230. The molecule has 0 radical (unpaired) electrons. The fourth-order valence-electron chi connectivity index (χ4n) is 2.43. The lowest BCUT2D eigenvalue weighted by Crippen LogP contribution is -2.35. The Bertz CT molecular complexity index is 771. The maximum Gasteiger partial charge on any atom is 0.363 e. The molecule has 0 aliphatic heterocycles. The standard InChI is InChI=1S/C15H19Cl2N5O2/c1-3-4-10(12-6-5-11(16)7-13(12)17)8-18-14(23)9-22-15(24)21(2)19-20-22/h5-7,10H,3-4,8-9H2,1-2H3,(H,18,23). The van der Waals surface area contributed by atoms with Gasteiger partial charge in [0.05, 0.1) is 0 Å². The van der Waals surface area contributed by atoms with Crippen molar-refractivity contribution >= 4 is 29.1 Å². The molecule has 1 amide bonds. The van der Waals surface area contributed by atoms with E-state index < -0.39 is 5.69 Å². The molecule has 0 spiro atoms. The van der Waals surface area contributed by atoms with E-state index in [2.05, 4.69) is 22.7 Å². The largest absolute Gasteiger partial charge is 0.363 e. The zero-order valence-corrected chi connectivity index (χ0v) is 15.0. The molecule has 1 atom stereocenters. The van der Waals surface area contributed by atoms with Gasteiger partial charge < -0.3 is 5.32 Å². The third-order valence-electron chi connectivity index (χ3n) is 3.66. The van der Waals surface area contributed by atoms with Gasteiger partial charge in [0.1, 0.15) is 6.54 Å². The normalized spacial score (nSPS) is 12.2. The third kappa shape index (κ3) is 4.58. The van der Waals surface area contributed by atoms with Crippen LogP contribution in [0.15, 0.2) is 23.0 Å². The Balaban J connectivity index is 2.01. The summed E-state index contributed by atoms with van der Waals surface area (Å²) in [7, 11) is 1.48. The summed E-state index contributed by atoms with van der Waals surface area (Å²) in [6.07, 6.45) is 1.82. The highest BCUT2D eigenvalue weighted by atomic mass is 35.5. The van der Waals surface area contributed by atoms with Crippen molar-refractivity contribution in [2.45, 2.75) is 32.2 Å². The van der Waals surface area contributed by atoms with Crippen molar-refractivity contribution in [1.29, 1.82) is 0 Å². The van der Waals surface area contributed by atoms with E-state index in [0.29, 0.717) is 16.6 Å². The van der Waals surface area contributed by atoms with Crippen LogP contribution >= 0.6 is 23.2 Å². The first-order chi connectivity index (χ1) is 11.4. The maximum atomic E-state index is 12.1. The van der Waals surface area contributed by atoms with Crippen molar-refractivity contribution < 1.29 is 4.79 Å². The molecular weight excluding hydrogens is 353 g/mol. The van der Waals surface area contributed by atoms with E-state index in [-0.39, 0.29) is 18.4 Å². The van der Waals surface area contributed by atoms with Gasteiger partial charge >= 0.3 is 5.69 Å². The van der Waals surface area contributed by atoms with Crippen LogP contribution in [0.5, 0.6) is 0 Å². The number of halogens is 2. The first-order valence-electron chi connectivity index (χ1n) is 7.60. The number of nitrogens with zero attached hydrogens (tertiary/aromatic N) is 4. The number of amides is 1. The van der Waals surface area contributed by atoms with Crippen LogP contribution in [0.2, 0.25) is 10.0 Å². The fraction of sp³-hybridized carbons (Fsp3) is 0.467. The molecule has 130 valence electrons. The van der Waals surface area contributed by atoms with Gasteiger partial charge in [-0.1, -0.05) is 42.6 Å². The lowest BCUT2D eigenvalue weighted by Gasteiger charge is -2.19. The second-order valence-electron chi connectivity index (χ2n) is 5.50. The van der Waals surface area contributed by atoms with Crippen molar-refractivity contribution in [3.63, 3.8) is 0 Å². The minimum atomic E-state index is -0.434. The van der Waals surface area contributed by atoms with E-state index >= 15 is 0 Å². The van der Waals surface area contributed by atoms with Crippen molar-refractivity contribution in [2.75, 3.05) is 6.54 Å². The van der Waals surface area contributed by atoms with Gasteiger partial charge in [-0.25, -0.2) is 4.79 Å². The van der Waals surface area contributed by atoms with Crippen molar-refractivity contribution in [3.8, 4) is 0 Å². The number of tetrazole rings is 1. The average molecular weight is 372 g/mol. The molecule has 1 N–H and O–H groups in total. The molecule has 0 saturated carbocycles. The molecule has 1 aromatic heterocycles. The number of benzene rings is 1. The van der Waals surface area contributed by atoms with Crippen molar-refractivity contribution in [3.05, 3.63) is 44.3 Å². The fourth-order valence-corrected chi connectivity index (χ4v) is 2.99. The summed E-state index contributed by atoms with van der Waals surface area (Å²) in [6, 6.07) is 5.36. The van der Waals surface area contributed by atoms with Gasteiger partial charge in [-0.2, -0.15) is 9.36 Å². The van der Waals surface area contributed by atoms with Crippen LogP contribution in [-0.4, -0.2) is 32.2 Å². The van der Waals surface area contributed by atoms with E-state index in [9.17, 15) is 9.59 Å². The zero-order valence-electron chi connectivity index (χ0n) is 13.5. The lowest BCUT2D eigenvalue weighted by atomic mass is 9.94. The van der Waals surface area contributed by atoms with Crippen LogP contribution in [0.25, 0.3) is 0 Å². The summed E-state index contributed by atoms with van der Waals surface area (Å²) >= 11 is 12.2. The Morgan fingerprint density at radius 3 is 2.67 bits per heavy atom. The molecule has 1 aromatic carbocycles. The first kappa shape index (κ1) is 18.5. The average Bonchev–Trinajstić information content (AvgIpc) is 2.84. The highest BCUT2D eigenvalue weighted by molar-refractivity contribution is 6.35. The smallest absolute Gasteiger partial charge is 0.354 e. The SMILES string of the molecule is CCCC(CNC(=O)Cn1nnn(C)c1=O)c1ccc(Cl)cc1Cl. The minimum absolute atomic E-state index is 0.0716. The number of nitrogens with one attached hydrogen (secondary N) is 1. The second-order valence-corrected chi connectivity index (χ2v) is 6.34. The number of carbonyl (C=O) groups excluding carboxylic acids is 1. The highest BCUT2D eigenvalue weighted by Crippen LogP contribution is 2.30. The number of hydrogen-bond acceptors (Lipinski definition) is 4. The summed E-state index contributed by atoms with van der Waals surface area (Å²) in [5.41, 5.74) is 0.510. The van der Waals surface area contributed by atoms with E-state index in [1.165, 1.54) is 7.05 Å². The Kier molecular flexibility index (Phi) is 6.39. The van der Waals surface area contributed by atoms with Gasteiger partial charge in [0, 0.05) is 29.6 Å². The van der Waals surface area contributed by atoms with Crippen LogP contribution in [-0.2, 0) is 18.4 Å². The number of aromatic nitrogens is 4. The zero-order chi connectivity index (χ0) is 17.7. The molecule has 9 heteroatoms. The van der Waals surface area contributed by atoms with Crippen LogP contribution < -0.4 is 11.0 Å². The van der Waals surface area contributed by atoms with Gasteiger partial charge in [0.15, 0.2) is 0 Å². The van der Waals surface area contributed by atoms with E-state index in [0.717, 1.165) is 27.8 Å². The quantitative estimate of drug-likeness (QED) is 0.806. The summed E-state index contributed by atoms with van der Waals surface area (Å²) in [4.78, 5) is 23.7. The van der Waals surface area contributed by atoms with E-state index in [1.807, 2.05) is 6.07 Å². The number of rotatable bonds is 7. The van der Waals surface area contributed by atoms with Crippen LogP contribution in [0.3, 0.4) is 0 Å². The molecule has 2 aromatic rings. The molecule has 7 nitrogen and oxygen atoms in total. The molecule has 1 heterocycles. The minimum Gasteiger partial charge on any atom is -0.354 e. The molecule has 0 aliphatic rings. The molecule has 2 rings (SSSR count). The molecule has 0 fully saturated rings. The monoisotopic (exact) mass is 371 g/mol. The second kappa shape index (κ2) is 8.30. The Labute approximate surface area is 149 Å². The molecule has 0 saturated heterocycles. The Morgan fingerprint density at radius 2 is 2.08 bits per heavy atom. The Morgan fingerprint density at radius 1 is 1.33 bits per heavy atom. The van der Waals surface area contributed by atoms with Crippen LogP contribution in [0.1, 0.15) is 31.2 Å². The number of carbonyl (C=O) groups is 1. The molecular formula is C15H19Cl2N5O2. The summed E-state index contributed by atoms with van der Waals surface area (Å²) in [5, 5.41) is 11.2. The molecule has 0 aliphatic carbocycles. The third-order valence-corrected chi connectivity index (χ3v) is 4.22. The molecule has 0 bridgehead atoms. The van der Waals surface area contributed by atoms with E-state index in [1.54, 1.807) is 12.1 Å². The molecule has 24 heavy (non-hydrogen) atoms. The summed E-state index contributed by atoms with van der Waals surface area (Å²) < 4.78 is 2.08. The van der Waals surface area contributed by atoms with Crippen LogP contribution in [0.4, 0.5) is 0 Å². The number of hydrogen-bond donors (Lipinski definition) is 1. The Hall–Kier alpha value is -1.86. The van der Waals surface area contributed by atoms with Gasteiger partial charge in [0.25, 0.3) is 0 Å². The number of aryl methyl sites for hydroxylation is 1. The van der Waals surface area contributed by atoms with Gasteiger partial charge in [0.2, 0.25) is 5.91 Å². The first-order valence-corrected chi connectivity index (χ1v) is 8.36. The van der Waals surface area contributed by atoms with Gasteiger partial charge in [-0.05, 0) is 34.5 Å². The topological polar surface area (TPSA) is 81.8 Å². The maximum absolute atomic E-state index is 12.1. The van der Waals surface area contributed by atoms with Gasteiger partial charge in [-0.3, -0.25) is 4.79 Å². The molecule has 1 unspecified atom stereocenters. The van der Waals surface area contributed by atoms with Crippen LogP contribution in [0, 0.1) is 0 Å². The van der Waals surface area contributed by atoms with E-state index in [4.69, 9.17) is 23.2 Å². The summed E-state index contributed by atoms with van der Waals surface area (Å²) in [6.45, 7) is 2.32. The predicted molar refractivity (Wildman–Crippen MR) is 92.4 cm³/mol. The highest BCUT2D eigenvalue weighted by Gasteiger charge is 2.16. The van der Waals surface area contributed by atoms with Crippen molar-refractivity contribution in [2.24, 2.45) is 7.05 Å². The van der Waals surface area contributed by atoms with Crippen molar-refractivity contribution in [1.82, 2.24) is 25.1 Å². The van der Waals surface area contributed by atoms with Gasteiger partial charge in [-0.15, -0.1) is 0 Å². The predicted octanol–water partition coefficient (Wildman–Crippen LogP) is 1.98. The lowest BCUT2D eigenvalue weighted by molar-refractivity contribution is -0.122.